The van der Waals surface area contributed by atoms with Gasteiger partial charge in [0.15, 0.2) is 0 Å². The zero-order valence-corrected chi connectivity index (χ0v) is 15.5. The van der Waals surface area contributed by atoms with E-state index in [2.05, 4.69) is 15.5 Å². The van der Waals surface area contributed by atoms with E-state index in [0.717, 1.165) is 16.3 Å². The number of rotatable bonds is 7. The lowest BCUT2D eigenvalue weighted by atomic mass is 9.90. The summed E-state index contributed by atoms with van der Waals surface area (Å²) in [6.07, 6.45) is 7.39. The van der Waals surface area contributed by atoms with Crippen molar-refractivity contribution in [3.05, 3.63) is 34.8 Å². The normalized spacial score (nSPS) is 15.1. The second-order valence-corrected chi connectivity index (χ2v) is 7.41. The number of benzene rings is 1. The van der Waals surface area contributed by atoms with Gasteiger partial charge in [0.25, 0.3) is 0 Å². The summed E-state index contributed by atoms with van der Waals surface area (Å²) >= 11 is 1.53. The van der Waals surface area contributed by atoms with Crippen LogP contribution in [0.2, 0.25) is 0 Å². The number of nitrogens with zero attached hydrogens (tertiary/aromatic N) is 2. The molecule has 0 saturated heterocycles. The molecule has 25 heavy (non-hydrogen) atoms. The minimum absolute atomic E-state index is 0.0137. The smallest absolute Gasteiger partial charge is 0.226 e. The molecular weight excluding hydrogens is 334 g/mol. The van der Waals surface area contributed by atoms with Crippen LogP contribution < -0.4 is 10.1 Å². The van der Waals surface area contributed by atoms with Crippen LogP contribution in [0.15, 0.2) is 24.3 Å². The first-order valence-corrected chi connectivity index (χ1v) is 9.91. The molecule has 0 radical (unpaired) electrons. The molecule has 0 aliphatic heterocycles. The maximum absolute atomic E-state index is 12.1. The fourth-order valence-electron chi connectivity index (χ4n) is 3.16. The Bertz CT molecular complexity index is 678. The monoisotopic (exact) mass is 359 g/mol. The van der Waals surface area contributed by atoms with Gasteiger partial charge in [-0.25, -0.2) is 0 Å². The van der Waals surface area contributed by atoms with E-state index in [-0.39, 0.29) is 5.91 Å². The highest BCUT2D eigenvalue weighted by atomic mass is 32.1. The van der Waals surface area contributed by atoms with Crippen molar-refractivity contribution in [3.8, 4) is 5.75 Å². The lowest BCUT2D eigenvalue weighted by Gasteiger charge is -2.18. The SMILES string of the molecule is CCOc1ccc(CCC(=O)Nc2nnc(C3CCCCC3)s2)cc1. The molecule has 1 aromatic heterocycles. The molecule has 1 aliphatic carbocycles. The largest absolute Gasteiger partial charge is 0.494 e. The summed E-state index contributed by atoms with van der Waals surface area (Å²) in [5, 5.41) is 13.0. The molecule has 1 N–H and O–H groups in total. The number of amides is 1. The van der Waals surface area contributed by atoms with Crippen molar-refractivity contribution in [1.82, 2.24) is 10.2 Å². The first-order chi connectivity index (χ1) is 12.2. The van der Waals surface area contributed by atoms with Gasteiger partial charge in [-0.2, -0.15) is 0 Å². The van der Waals surface area contributed by atoms with Gasteiger partial charge in [0.2, 0.25) is 11.0 Å². The highest BCUT2D eigenvalue weighted by Crippen LogP contribution is 2.35. The highest BCUT2D eigenvalue weighted by molar-refractivity contribution is 7.15. The molecule has 1 aromatic carbocycles. The maximum atomic E-state index is 12.1. The van der Waals surface area contributed by atoms with E-state index >= 15 is 0 Å². The number of nitrogens with one attached hydrogen (secondary N) is 1. The topological polar surface area (TPSA) is 64.1 Å². The van der Waals surface area contributed by atoms with E-state index in [4.69, 9.17) is 4.74 Å². The predicted octanol–water partition coefficient (Wildman–Crippen LogP) is 4.56. The average Bonchev–Trinajstić information content (AvgIpc) is 3.11. The molecule has 0 bridgehead atoms. The lowest BCUT2D eigenvalue weighted by Crippen LogP contribution is -2.12. The van der Waals surface area contributed by atoms with Crippen LogP contribution in [-0.4, -0.2) is 22.7 Å². The summed E-state index contributed by atoms with van der Waals surface area (Å²) in [6, 6.07) is 7.89. The third kappa shape index (κ3) is 5.26. The van der Waals surface area contributed by atoms with Gasteiger partial charge in [-0.1, -0.05) is 42.7 Å². The predicted molar refractivity (Wildman–Crippen MR) is 100 cm³/mol. The number of aromatic nitrogens is 2. The number of carbonyl (C=O) groups is 1. The maximum Gasteiger partial charge on any atom is 0.226 e. The van der Waals surface area contributed by atoms with E-state index in [9.17, 15) is 4.79 Å². The van der Waals surface area contributed by atoms with Crippen LogP contribution in [0.4, 0.5) is 5.13 Å². The zero-order valence-electron chi connectivity index (χ0n) is 14.7. The molecule has 0 spiro atoms. The molecule has 0 atom stereocenters. The molecule has 6 heteroatoms. The second-order valence-electron chi connectivity index (χ2n) is 6.41. The van der Waals surface area contributed by atoms with E-state index in [0.29, 0.717) is 30.5 Å². The van der Waals surface area contributed by atoms with Crippen LogP contribution in [0.3, 0.4) is 0 Å². The Morgan fingerprint density at radius 3 is 2.68 bits per heavy atom. The standard InChI is InChI=1S/C19H25N3O2S/c1-2-24-16-11-8-14(9-12-16)10-13-17(23)20-19-22-21-18(25-19)15-6-4-3-5-7-15/h8-9,11-12,15H,2-7,10,13H2,1H3,(H,20,22,23). The van der Waals surface area contributed by atoms with Gasteiger partial charge in [0.1, 0.15) is 10.8 Å². The Hall–Kier alpha value is -1.95. The summed E-state index contributed by atoms with van der Waals surface area (Å²) in [5.41, 5.74) is 1.12. The molecule has 1 amide bonds. The van der Waals surface area contributed by atoms with Gasteiger partial charge in [-0.15, -0.1) is 10.2 Å². The van der Waals surface area contributed by atoms with Crippen molar-refractivity contribution >= 4 is 22.4 Å². The number of carbonyl (C=O) groups excluding carboxylic acids is 1. The van der Waals surface area contributed by atoms with Crippen molar-refractivity contribution in [2.75, 3.05) is 11.9 Å². The molecule has 0 unspecified atom stereocenters. The number of anilines is 1. The van der Waals surface area contributed by atoms with Crippen LogP contribution in [-0.2, 0) is 11.2 Å². The average molecular weight is 359 g/mol. The third-order valence-corrected chi connectivity index (χ3v) is 5.52. The van der Waals surface area contributed by atoms with E-state index in [1.165, 1.54) is 43.4 Å². The van der Waals surface area contributed by atoms with Gasteiger partial charge in [0, 0.05) is 12.3 Å². The van der Waals surface area contributed by atoms with Gasteiger partial charge in [0.05, 0.1) is 6.61 Å². The Balaban J connectivity index is 1.46. The first kappa shape index (κ1) is 17.9. The number of hydrogen-bond donors (Lipinski definition) is 1. The van der Waals surface area contributed by atoms with E-state index in [1.807, 2.05) is 31.2 Å². The Labute approximate surface area is 152 Å². The fourth-order valence-corrected chi connectivity index (χ4v) is 4.09. The van der Waals surface area contributed by atoms with Crippen LogP contribution in [0.1, 0.15) is 61.9 Å². The van der Waals surface area contributed by atoms with Gasteiger partial charge >= 0.3 is 0 Å². The van der Waals surface area contributed by atoms with Gasteiger partial charge in [-0.05, 0) is 43.9 Å². The molecule has 3 rings (SSSR count). The molecule has 1 fully saturated rings. The molecule has 5 nitrogen and oxygen atoms in total. The van der Waals surface area contributed by atoms with Crippen LogP contribution in [0, 0.1) is 0 Å². The first-order valence-electron chi connectivity index (χ1n) is 9.09. The third-order valence-electron chi connectivity index (χ3n) is 4.52. The fraction of sp³-hybridized carbons (Fsp3) is 0.526. The van der Waals surface area contributed by atoms with Crippen LogP contribution >= 0.6 is 11.3 Å². The summed E-state index contributed by atoms with van der Waals surface area (Å²) < 4.78 is 5.42. The number of hydrogen-bond acceptors (Lipinski definition) is 5. The summed E-state index contributed by atoms with van der Waals surface area (Å²) in [5.74, 6) is 1.38. The number of ether oxygens (including phenoxy) is 1. The quantitative estimate of drug-likeness (QED) is 0.787. The van der Waals surface area contributed by atoms with Gasteiger partial charge < -0.3 is 10.1 Å². The minimum Gasteiger partial charge on any atom is -0.494 e. The lowest BCUT2D eigenvalue weighted by molar-refractivity contribution is -0.116. The molecule has 1 heterocycles. The Morgan fingerprint density at radius 2 is 1.96 bits per heavy atom. The van der Waals surface area contributed by atoms with Crippen molar-refractivity contribution in [2.45, 2.75) is 57.8 Å². The van der Waals surface area contributed by atoms with Crippen molar-refractivity contribution in [2.24, 2.45) is 0 Å². The molecule has 1 aliphatic rings. The molecular formula is C19H25N3O2S. The van der Waals surface area contributed by atoms with Crippen LogP contribution in [0.5, 0.6) is 5.75 Å². The highest BCUT2D eigenvalue weighted by Gasteiger charge is 2.20. The van der Waals surface area contributed by atoms with E-state index in [1.54, 1.807) is 0 Å². The van der Waals surface area contributed by atoms with E-state index < -0.39 is 0 Å². The summed E-state index contributed by atoms with van der Waals surface area (Å²) in [4.78, 5) is 12.1. The Morgan fingerprint density at radius 1 is 1.20 bits per heavy atom. The van der Waals surface area contributed by atoms with Crippen molar-refractivity contribution in [1.29, 1.82) is 0 Å². The molecule has 134 valence electrons. The van der Waals surface area contributed by atoms with Crippen LogP contribution in [0.25, 0.3) is 0 Å². The zero-order chi connectivity index (χ0) is 17.5. The van der Waals surface area contributed by atoms with Crippen molar-refractivity contribution < 1.29 is 9.53 Å². The number of aryl methyl sites for hydroxylation is 1. The van der Waals surface area contributed by atoms with Crippen molar-refractivity contribution in [3.63, 3.8) is 0 Å². The minimum atomic E-state index is -0.0137. The van der Waals surface area contributed by atoms with Gasteiger partial charge in [-0.3, -0.25) is 4.79 Å². The molecule has 1 saturated carbocycles. The second kappa shape index (κ2) is 8.94. The Kier molecular flexibility index (Phi) is 6.39. The summed E-state index contributed by atoms with van der Waals surface area (Å²) in [7, 11) is 0. The molecule has 2 aromatic rings. The summed E-state index contributed by atoms with van der Waals surface area (Å²) in [6.45, 7) is 2.62.